The molecule has 2 aliphatic rings. The minimum absolute atomic E-state index is 0.386. The predicted octanol–water partition coefficient (Wildman–Crippen LogP) is 2.11. The molecule has 0 atom stereocenters. The first-order valence-electron chi connectivity index (χ1n) is 10.6. The fourth-order valence-electron chi connectivity index (χ4n) is 4.03. The number of rotatable bonds is 5. The summed E-state index contributed by atoms with van der Waals surface area (Å²) in [4.78, 5) is 23.4. The van der Waals surface area contributed by atoms with Crippen molar-refractivity contribution in [1.82, 2.24) is 23.6 Å². The van der Waals surface area contributed by atoms with Crippen molar-refractivity contribution in [2.75, 3.05) is 31.1 Å². The van der Waals surface area contributed by atoms with E-state index in [1.165, 1.54) is 10.9 Å². The molecule has 0 bridgehead atoms. The van der Waals surface area contributed by atoms with Crippen LogP contribution in [0.1, 0.15) is 47.0 Å². The Morgan fingerprint density at radius 1 is 1.26 bits per heavy atom. The van der Waals surface area contributed by atoms with E-state index in [0.29, 0.717) is 37.6 Å². The van der Waals surface area contributed by atoms with Crippen LogP contribution in [0.4, 0.5) is 10.6 Å². The topological polar surface area (TPSA) is 110 Å². The highest BCUT2D eigenvalue weighted by Crippen LogP contribution is 2.46. The molecule has 1 aliphatic heterocycles. The highest BCUT2D eigenvalue weighted by Gasteiger charge is 2.56. The first kappa shape index (κ1) is 22.0. The van der Waals surface area contributed by atoms with Crippen LogP contribution in [0, 0.1) is 0 Å². The van der Waals surface area contributed by atoms with Crippen molar-refractivity contribution in [1.29, 1.82) is 0 Å². The second-order valence-electron chi connectivity index (χ2n) is 9.22. The highest BCUT2D eigenvalue weighted by molar-refractivity contribution is 7.87. The zero-order valence-corrected chi connectivity index (χ0v) is 19.3. The van der Waals surface area contributed by atoms with E-state index in [9.17, 15) is 13.2 Å². The zero-order valence-electron chi connectivity index (χ0n) is 18.5. The molecule has 0 radical (unpaired) electrons. The van der Waals surface area contributed by atoms with Gasteiger partial charge in [0.25, 0.3) is 10.2 Å². The lowest BCUT2D eigenvalue weighted by molar-refractivity contribution is 0.0543. The van der Waals surface area contributed by atoms with E-state index in [1.807, 2.05) is 27.7 Å². The Hall–Kier alpha value is -2.24. The number of fused-ring (bicyclic) bond motifs is 1. The maximum Gasteiger partial charge on any atom is 0.420 e. The monoisotopic (exact) mass is 450 g/mol. The Morgan fingerprint density at radius 2 is 2.00 bits per heavy atom. The van der Waals surface area contributed by atoms with E-state index in [4.69, 9.17) is 4.74 Å². The molecule has 1 N–H and O–H groups in total. The van der Waals surface area contributed by atoms with Gasteiger partial charge in [0, 0.05) is 32.4 Å². The molecule has 1 spiro atoms. The zero-order chi connectivity index (χ0) is 22.4. The summed E-state index contributed by atoms with van der Waals surface area (Å²) in [5.41, 5.74) is -0.540. The van der Waals surface area contributed by atoms with E-state index >= 15 is 0 Å². The lowest BCUT2D eigenvalue weighted by Crippen LogP contribution is -2.59. The molecule has 0 amide bonds. The summed E-state index contributed by atoms with van der Waals surface area (Å²) < 4.78 is 36.7. The van der Waals surface area contributed by atoms with E-state index in [1.54, 1.807) is 16.6 Å². The number of carbonyl (C=O) groups is 1. The molecule has 0 aromatic carbocycles. The number of aromatic nitrogens is 3. The maximum atomic E-state index is 12.8. The van der Waals surface area contributed by atoms with Crippen molar-refractivity contribution in [3.05, 3.63) is 18.6 Å². The van der Waals surface area contributed by atoms with Crippen LogP contribution in [0.25, 0.3) is 11.0 Å². The quantitative estimate of drug-likeness (QED) is 0.743. The first-order chi connectivity index (χ1) is 14.6. The lowest BCUT2D eigenvalue weighted by atomic mass is 10.2. The summed E-state index contributed by atoms with van der Waals surface area (Å²) in [5, 5.41) is 0.740. The molecule has 170 valence electrons. The van der Waals surface area contributed by atoms with Gasteiger partial charge in [-0.25, -0.2) is 24.1 Å². The molecule has 4 rings (SSSR count). The number of piperazine rings is 1. The number of carbonyl (C=O) groups excluding carboxylic acids is 1. The van der Waals surface area contributed by atoms with E-state index in [2.05, 4.69) is 19.6 Å². The normalized spacial score (nSPS) is 19.2. The second-order valence-corrected chi connectivity index (χ2v) is 10.9. The molecular weight excluding hydrogens is 420 g/mol. The van der Waals surface area contributed by atoms with Crippen LogP contribution in [0.5, 0.6) is 0 Å². The maximum absolute atomic E-state index is 12.8. The van der Waals surface area contributed by atoms with Gasteiger partial charge in [0.1, 0.15) is 17.7 Å². The Labute approximate surface area is 182 Å². The van der Waals surface area contributed by atoms with Crippen molar-refractivity contribution >= 4 is 33.2 Å². The van der Waals surface area contributed by atoms with Crippen molar-refractivity contribution in [2.45, 2.75) is 58.1 Å². The van der Waals surface area contributed by atoms with Crippen molar-refractivity contribution < 1.29 is 17.9 Å². The van der Waals surface area contributed by atoms with Gasteiger partial charge in [-0.3, -0.25) is 0 Å². The molecule has 1 saturated carbocycles. The van der Waals surface area contributed by atoms with Gasteiger partial charge in [0.2, 0.25) is 0 Å². The smallest absolute Gasteiger partial charge is 0.420 e. The highest BCUT2D eigenvalue weighted by atomic mass is 32.2. The molecule has 10 nitrogen and oxygen atoms in total. The molecule has 31 heavy (non-hydrogen) atoms. The largest absolute Gasteiger partial charge is 0.443 e. The van der Waals surface area contributed by atoms with E-state index < -0.39 is 27.4 Å². The summed E-state index contributed by atoms with van der Waals surface area (Å²) in [6.07, 6.45) is 4.97. The molecule has 3 heterocycles. The predicted molar refractivity (Wildman–Crippen MR) is 117 cm³/mol. The van der Waals surface area contributed by atoms with Crippen molar-refractivity contribution in [3.63, 3.8) is 0 Å². The van der Waals surface area contributed by atoms with Gasteiger partial charge in [0.15, 0.2) is 5.65 Å². The van der Waals surface area contributed by atoms with E-state index in [-0.39, 0.29) is 0 Å². The second kappa shape index (κ2) is 7.72. The number of nitrogens with one attached hydrogen (secondary N) is 1. The van der Waals surface area contributed by atoms with Crippen LogP contribution in [0.15, 0.2) is 18.6 Å². The lowest BCUT2D eigenvalue weighted by Gasteiger charge is -2.41. The molecule has 2 aromatic heterocycles. The summed E-state index contributed by atoms with van der Waals surface area (Å²) >= 11 is 0. The summed E-state index contributed by atoms with van der Waals surface area (Å²) in [5.74, 6) is 0.706. The number of hydrogen-bond donors (Lipinski definition) is 1. The standard InChI is InChI=1S/C20H30N6O4S/c1-5-9-23-31(28,29)26-12-11-24(13-20(26)7-8-20)16-15-6-10-25(17(15)22-14-21-16)18(27)30-19(2,3)4/h6,10,14,23H,5,7-9,11-13H2,1-4H3. The molecule has 2 fully saturated rings. The number of anilines is 1. The first-order valence-corrected chi connectivity index (χ1v) is 12.1. The molecule has 0 unspecified atom stereocenters. The van der Waals surface area contributed by atoms with Gasteiger partial charge in [0.05, 0.1) is 10.9 Å². The van der Waals surface area contributed by atoms with Gasteiger partial charge in [-0.05, 0) is 46.1 Å². The number of ether oxygens (including phenoxy) is 1. The Morgan fingerprint density at radius 3 is 2.65 bits per heavy atom. The van der Waals surface area contributed by atoms with Crippen LogP contribution in [-0.2, 0) is 14.9 Å². The van der Waals surface area contributed by atoms with Crippen molar-refractivity contribution in [3.8, 4) is 0 Å². The SMILES string of the molecule is CCCNS(=O)(=O)N1CCN(c2ncnc3c2ccn3C(=O)OC(C)(C)C)CC12CC2. The van der Waals surface area contributed by atoms with Gasteiger partial charge in [-0.15, -0.1) is 0 Å². The van der Waals surface area contributed by atoms with Crippen LogP contribution in [0.2, 0.25) is 0 Å². The minimum Gasteiger partial charge on any atom is -0.443 e. The van der Waals surface area contributed by atoms with Gasteiger partial charge in [-0.2, -0.15) is 12.7 Å². The van der Waals surface area contributed by atoms with Crippen LogP contribution < -0.4 is 9.62 Å². The number of hydrogen-bond acceptors (Lipinski definition) is 7. The Balaban J connectivity index is 1.59. The minimum atomic E-state index is -3.50. The fourth-order valence-corrected chi connectivity index (χ4v) is 5.72. The molecular formula is C20H30N6O4S. The number of nitrogens with zero attached hydrogens (tertiary/aromatic N) is 5. The fraction of sp³-hybridized carbons (Fsp3) is 0.650. The van der Waals surface area contributed by atoms with Crippen molar-refractivity contribution in [2.24, 2.45) is 0 Å². The van der Waals surface area contributed by atoms with Gasteiger partial charge in [-0.1, -0.05) is 6.92 Å². The van der Waals surface area contributed by atoms with Crippen LogP contribution >= 0.6 is 0 Å². The molecule has 1 saturated heterocycles. The Bertz CT molecular complexity index is 1090. The summed E-state index contributed by atoms with van der Waals surface area (Å²) in [7, 11) is -3.50. The van der Waals surface area contributed by atoms with E-state index in [0.717, 1.165) is 24.6 Å². The van der Waals surface area contributed by atoms with Gasteiger partial charge < -0.3 is 9.64 Å². The average Bonchev–Trinajstić information content (AvgIpc) is 3.29. The molecule has 2 aromatic rings. The third-order valence-electron chi connectivity index (χ3n) is 5.59. The third kappa shape index (κ3) is 4.26. The van der Waals surface area contributed by atoms with Crippen LogP contribution in [-0.4, -0.2) is 70.7 Å². The Kier molecular flexibility index (Phi) is 5.47. The van der Waals surface area contributed by atoms with Gasteiger partial charge >= 0.3 is 6.09 Å². The van der Waals surface area contributed by atoms with Crippen LogP contribution in [0.3, 0.4) is 0 Å². The molecule has 11 heteroatoms. The summed E-state index contributed by atoms with van der Waals surface area (Å²) in [6, 6.07) is 1.81. The third-order valence-corrected chi connectivity index (χ3v) is 7.31. The average molecular weight is 451 g/mol. The molecule has 1 aliphatic carbocycles. The summed E-state index contributed by atoms with van der Waals surface area (Å²) in [6.45, 7) is 9.28.